The summed E-state index contributed by atoms with van der Waals surface area (Å²) in [5.41, 5.74) is 0.594. The standard InChI is InChI=1S/C9H6F3NOS/c10-9(11,12)14-7-2-1-6(3-4-13)5-8(7)15/h1-2,5,15H,3H2. The lowest BCUT2D eigenvalue weighted by Crippen LogP contribution is -2.17. The highest BCUT2D eigenvalue weighted by Gasteiger charge is 2.31. The van der Waals surface area contributed by atoms with Gasteiger partial charge in [0.05, 0.1) is 12.5 Å². The van der Waals surface area contributed by atoms with Gasteiger partial charge in [0, 0.05) is 4.90 Å². The van der Waals surface area contributed by atoms with Crippen LogP contribution in [0.4, 0.5) is 13.2 Å². The van der Waals surface area contributed by atoms with E-state index in [4.69, 9.17) is 5.26 Å². The third kappa shape index (κ3) is 3.72. The van der Waals surface area contributed by atoms with E-state index in [9.17, 15) is 13.2 Å². The molecule has 0 unspecified atom stereocenters. The quantitative estimate of drug-likeness (QED) is 0.796. The smallest absolute Gasteiger partial charge is 0.405 e. The molecule has 2 nitrogen and oxygen atoms in total. The maximum Gasteiger partial charge on any atom is 0.573 e. The Hall–Kier alpha value is -1.35. The van der Waals surface area contributed by atoms with Crippen molar-refractivity contribution in [1.82, 2.24) is 0 Å². The number of hydrogen-bond donors (Lipinski definition) is 1. The van der Waals surface area contributed by atoms with Crippen LogP contribution < -0.4 is 4.74 Å². The van der Waals surface area contributed by atoms with E-state index in [-0.39, 0.29) is 17.1 Å². The van der Waals surface area contributed by atoms with Crippen molar-refractivity contribution in [2.75, 3.05) is 0 Å². The van der Waals surface area contributed by atoms with Crippen LogP contribution >= 0.6 is 12.6 Å². The number of benzene rings is 1. The molecule has 0 saturated carbocycles. The van der Waals surface area contributed by atoms with E-state index in [1.165, 1.54) is 12.1 Å². The normalized spacial score (nSPS) is 10.9. The number of alkyl halides is 3. The Kier molecular flexibility index (Phi) is 3.48. The first kappa shape index (κ1) is 11.7. The van der Waals surface area contributed by atoms with Crippen LogP contribution in [-0.2, 0) is 6.42 Å². The molecule has 0 amide bonds. The summed E-state index contributed by atoms with van der Waals surface area (Å²) in [6, 6.07) is 5.78. The van der Waals surface area contributed by atoms with Crippen LogP contribution in [0.15, 0.2) is 23.1 Å². The van der Waals surface area contributed by atoms with Gasteiger partial charge in [-0.3, -0.25) is 0 Å². The number of thiol groups is 1. The van der Waals surface area contributed by atoms with Gasteiger partial charge in [-0.1, -0.05) is 6.07 Å². The maximum atomic E-state index is 11.9. The number of ether oxygens (including phenoxy) is 1. The van der Waals surface area contributed by atoms with Gasteiger partial charge < -0.3 is 4.74 Å². The second-order valence-electron chi connectivity index (χ2n) is 2.68. The highest BCUT2D eigenvalue weighted by molar-refractivity contribution is 7.80. The summed E-state index contributed by atoms with van der Waals surface area (Å²) >= 11 is 3.84. The molecule has 1 aromatic rings. The fourth-order valence-corrected chi connectivity index (χ4v) is 1.26. The molecule has 0 radical (unpaired) electrons. The van der Waals surface area contributed by atoms with Crippen LogP contribution in [0.25, 0.3) is 0 Å². The van der Waals surface area contributed by atoms with Crippen LogP contribution in [0.2, 0.25) is 0 Å². The van der Waals surface area contributed by atoms with Gasteiger partial charge >= 0.3 is 6.36 Å². The highest BCUT2D eigenvalue weighted by atomic mass is 32.1. The first-order valence-corrected chi connectivity index (χ1v) is 4.31. The summed E-state index contributed by atoms with van der Waals surface area (Å²) in [6.45, 7) is 0. The summed E-state index contributed by atoms with van der Waals surface area (Å²) in [5.74, 6) is -0.368. The fraction of sp³-hybridized carbons (Fsp3) is 0.222. The number of rotatable bonds is 2. The van der Waals surface area contributed by atoms with Gasteiger partial charge in [0.25, 0.3) is 0 Å². The summed E-state index contributed by atoms with van der Waals surface area (Å²) in [6.07, 6.45) is -4.60. The average molecular weight is 233 g/mol. The van der Waals surface area contributed by atoms with E-state index in [1.54, 1.807) is 0 Å². The molecule has 0 bridgehead atoms. The van der Waals surface area contributed by atoms with Gasteiger partial charge in [0.1, 0.15) is 5.75 Å². The van der Waals surface area contributed by atoms with E-state index >= 15 is 0 Å². The Morgan fingerprint density at radius 1 is 1.40 bits per heavy atom. The molecule has 0 aliphatic rings. The van der Waals surface area contributed by atoms with E-state index in [1.807, 2.05) is 6.07 Å². The summed E-state index contributed by atoms with van der Waals surface area (Å²) < 4.78 is 39.3. The second-order valence-corrected chi connectivity index (χ2v) is 3.17. The van der Waals surface area contributed by atoms with Crippen molar-refractivity contribution in [3.63, 3.8) is 0 Å². The van der Waals surface area contributed by atoms with Crippen LogP contribution in [0.5, 0.6) is 5.75 Å². The van der Waals surface area contributed by atoms with Crippen molar-refractivity contribution in [1.29, 1.82) is 5.26 Å². The van der Waals surface area contributed by atoms with Crippen molar-refractivity contribution in [2.24, 2.45) is 0 Å². The van der Waals surface area contributed by atoms with Crippen LogP contribution in [0.1, 0.15) is 5.56 Å². The number of hydrogen-bond acceptors (Lipinski definition) is 3. The number of halogens is 3. The molecular formula is C9H6F3NOS. The van der Waals surface area contributed by atoms with Gasteiger partial charge in [-0.15, -0.1) is 25.8 Å². The molecule has 80 valence electrons. The number of nitriles is 1. The van der Waals surface area contributed by atoms with E-state index in [0.29, 0.717) is 5.56 Å². The van der Waals surface area contributed by atoms with Gasteiger partial charge in [0.2, 0.25) is 0 Å². The molecule has 0 aromatic heterocycles. The molecule has 0 fully saturated rings. The van der Waals surface area contributed by atoms with Gasteiger partial charge in [0.15, 0.2) is 0 Å². The molecule has 0 saturated heterocycles. The largest absolute Gasteiger partial charge is 0.573 e. The minimum atomic E-state index is -4.73. The molecule has 1 aromatic carbocycles. The highest BCUT2D eigenvalue weighted by Crippen LogP contribution is 2.29. The monoisotopic (exact) mass is 233 g/mol. The molecule has 15 heavy (non-hydrogen) atoms. The predicted molar refractivity (Wildman–Crippen MR) is 49.7 cm³/mol. The lowest BCUT2D eigenvalue weighted by Gasteiger charge is -2.11. The van der Waals surface area contributed by atoms with Gasteiger partial charge in [-0.05, 0) is 17.7 Å². The Morgan fingerprint density at radius 2 is 2.07 bits per heavy atom. The Morgan fingerprint density at radius 3 is 2.53 bits per heavy atom. The minimum absolute atomic E-state index is 0.0556. The molecule has 0 aliphatic carbocycles. The summed E-state index contributed by atoms with van der Waals surface area (Å²) in [7, 11) is 0. The zero-order chi connectivity index (χ0) is 11.5. The van der Waals surface area contributed by atoms with Crippen molar-refractivity contribution in [2.45, 2.75) is 17.7 Å². The lowest BCUT2D eigenvalue weighted by atomic mass is 10.2. The molecule has 0 atom stereocenters. The summed E-state index contributed by atoms with van der Waals surface area (Å²) in [4.78, 5) is 0.0556. The average Bonchev–Trinajstić information content (AvgIpc) is 2.08. The summed E-state index contributed by atoms with van der Waals surface area (Å²) in [5, 5.41) is 8.38. The zero-order valence-corrected chi connectivity index (χ0v) is 8.27. The number of nitrogens with zero attached hydrogens (tertiary/aromatic N) is 1. The molecular weight excluding hydrogens is 227 g/mol. The minimum Gasteiger partial charge on any atom is -0.405 e. The van der Waals surface area contributed by atoms with Crippen molar-refractivity contribution >= 4 is 12.6 Å². The second kappa shape index (κ2) is 4.45. The molecule has 0 aliphatic heterocycles. The van der Waals surface area contributed by atoms with E-state index < -0.39 is 6.36 Å². The molecule has 1 rings (SSSR count). The van der Waals surface area contributed by atoms with Crippen LogP contribution in [0.3, 0.4) is 0 Å². The zero-order valence-electron chi connectivity index (χ0n) is 7.38. The topological polar surface area (TPSA) is 33.0 Å². The predicted octanol–water partition coefficient (Wildman–Crippen LogP) is 2.94. The van der Waals surface area contributed by atoms with Crippen LogP contribution in [0, 0.1) is 11.3 Å². The lowest BCUT2D eigenvalue weighted by molar-refractivity contribution is -0.275. The van der Waals surface area contributed by atoms with Crippen molar-refractivity contribution < 1.29 is 17.9 Å². The van der Waals surface area contributed by atoms with Gasteiger partial charge in [-0.25, -0.2) is 0 Å². The Labute approximate surface area is 89.7 Å². The Bertz CT molecular complexity index is 397. The van der Waals surface area contributed by atoms with Crippen LogP contribution in [-0.4, -0.2) is 6.36 Å². The van der Waals surface area contributed by atoms with Gasteiger partial charge in [-0.2, -0.15) is 5.26 Å². The van der Waals surface area contributed by atoms with Crippen molar-refractivity contribution in [3.05, 3.63) is 23.8 Å². The molecule has 0 spiro atoms. The SMILES string of the molecule is N#CCc1ccc(OC(F)(F)F)c(S)c1. The molecule has 0 heterocycles. The third-order valence-corrected chi connectivity index (χ3v) is 1.88. The maximum absolute atomic E-state index is 11.9. The Balaban J connectivity index is 2.89. The van der Waals surface area contributed by atoms with E-state index in [0.717, 1.165) is 6.07 Å². The third-order valence-electron chi connectivity index (χ3n) is 1.53. The fourth-order valence-electron chi connectivity index (χ4n) is 0.975. The molecule has 6 heteroatoms. The van der Waals surface area contributed by atoms with Crippen molar-refractivity contribution in [3.8, 4) is 11.8 Å². The molecule has 0 N–H and O–H groups in total. The first-order valence-electron chi connectivity index (χ1n) is 3.87. The van der Waals surface area contributed by atoms with E-state index in [2.05, 4.69) is 17.4 Å². The first-order chi connectivity index (χ1) is 6.92.